The van der Waals surface area contributed by atoms with Gasteiger partial charge < -0.3 is 15.2 Å². The van der Waals surface area contributed by atoms with E-state index in [0.717, 1.165) is 18.8 Å². The van der Waals surface area contributed by atoms with Gasteiger partial charge in [-0.25, -0.2) is 4.98 Å². The number of nitrogens with one attached hydrogen (secondary N) is 2. The summed E-state index contributed by atoms with van der Waals surface area (Å²) in [7, 11) is 3.60. The molecule has 0 radical (unpaired) electrons. The third-order valence-electron chi connectivity index (χ3n) is 2.36. The number of likely N-dealkylation sites (N-methyl/N-ethyl adjacent to an activating group) is 1. The molecule has 84 valence electrons. The first-order chi connectivity index (χ1) is 7.15. The molecule has 1 unspecified atom stereocenters. The van der Waals surface area contributed by atoms with Crippen molar-refractivity contribution in [2.24, 2.45) is 7.05 Å². The summed E-state index contributed by atoms with van der Waals surface area (Å²) in [5, 5.41) is 5.73. The Morgan fingerprint density at radius 1 is 1.67 bits per heavy atom. The second kappa shape index (κ2) is 5.50. The first-order valence-corrected chi connectivity index (χ1v) is 5.06. The molecule has 0 bridgehead atoms. The smallest absolute Gasteiger partial charge is 0.236 e. The van der Waals surface area contributed by atoms with Gasteiger partial charge in [-0.15, -0.1) is 0 Å². The number of nitrogens with zero attached hydrogens (tertiary/aromatic N) is 2. The first-order valence-electron chi connectivity index (χ1n) is 5.06. The van der Waals surface area contributed by atoms with E-state index in [4.69, 9.17) is 0 Å². The molecule has 0 aromatic carbocycles. The van der Waals surface area contributed by atoms with Crippen LogP contribution in [0.1, 0.15) is 12.7 Å². The number of aromatic nitrogens is 2. The number of amides is 1. The van der Waals surface area contributed by atoms with Crippen LogP contribution < -0.4 is 10.6 Å². The fourth-order valence-corrected chi connectivity index (χ4v) is 1.35. The number of rotatable bonds is 5. The van der Waals surface area contributed by atoms with Crippen molar-refractivity contribution in [2.45, 2.75) is 19.4 Å². The van der Waals surface area contributed by atoms with Crippen molar-refractivity contribution in [2.75, 3.05) is 13.6 Å². The zero-order chi connectivity index (χ0) is 11.3. The van der Waals surface area contributed by atoms with Crippen LogP contribution in [0.2, 0.25) is 0 Å². The van der Waals surface area contributed by atoms with E-state index in [1.807, 2.05) is 24.7 Å². The minimum Gasteiger partial charge on any atom is -0.358 e. The molecule has 0 spiro atoms. The first kappa shape index (κ1) is 11.7. The lowest BCUT2D eigenvalue weighted by Crippen LogP contribution is -2.41. The van der Waals surface area contributed by atoms with Crippen LogP contribution in [0.5, 0.6) is 0 Å². The van der Waals surface area contributed by atoms with Crippen LogP contribution in [0.3, 0.4) is 0 Å². The summed E-state index contributed by atoms with van der Waals surface area (Å²) in [5.41, 5.74) is 0. The quantitative estimate of drug-likeness (QED) is 0.700. The largest absolute Gasteiger partial charge is 0.358 e. The van der Waals surface area contributed by atoms with Gasteiger partial charge in [0.2, 0.25) is 5.91 Å². The van der Waals surface area contributed by atoms with Gasteiger partial charge in [0.05, 0.1) is 6.04 Å². The molecular weight excluding hydrogens is 192 g/mol. The molecule has 1 amide bonds. The average Bonchev–Trinajstić information content (AvgIpc) is 2.63. The van der Waals surface area contributed by atoms with E-state index in [9.17, 15) is 4.79 Å². The SMILES string of the molecule is CNC(=O)C(C)NCCc1nccn1C. The van der Waals surface area contributed by atoms with Gasteiger partial charge in [-0.3, -0.25) is 4.79 Å². The van der Waals surface area contributed by atoms with Gasteiger partial charge in [0.25, 0.3) is 0 Å². The molecule has 1 aromatic heterocycles. The van der Waals surface area contributed by atoms with E-state index < -0.39 is 0 Å². The molecule has 2 N–H and O–H groups in total. The molecule has 1 aromatic rings. The Labute approximate surface area is 89.9 Å². The van der Waals surface area contributed by atoms with Gasteiger partial charge in [0.1, 0.15) is 5.82 Å². The molecule has 0 aliphatic carbocycles. The van der Waals surface area contributed by atoms with Crippen LogP contribution in [-0.4, -0.2) is 35.1 Å². The Kier molecular flexibility index (Phi) is 4.30. The minimum absolute atomic E-state index is 0.00911. The van der Waals surface area contributed by atoms with Crippen molar-refractivity contribution in [1.82, 2.24) is 20.2 Å². The number of aryl methyl sites for hydroxylation is 1. The molecule has 0 aliphatic heterocycles. The zero-order valence-electron chi connectivity index (χ0n) is 9.45. The van der Waals surface area contributed by atoms with Gasteiger partial charge >= 0.3 is 0 Å². The van der Waals surface area contributed by atoms with E-state index in [1.54, 1.807) is 13.2 Å². The normalized spacial score (nSPS) is 12.5. The van der Waals surface area contributed by atoms with Crippen molar-refractivity contribution < 1.29 is 4.79 Å². The summed E-state index contributed by atoms with van der Waals surface area (Å²) in [5.74, 6) is 1.03. The third-order valence-corrected chi connectivity index (χ3v) is 2.36. The Hall–Kier alpha value is -1.36. The Morgan fingerprint density at radius 2 is 2.40 bits per heavy atom. The monoisotopic (exact) mass is 210 g/mol. The van der Waals surface area contributed by atoms with E-state index >= 15 is 0 Å². The maximum Gasteiger partial charge on any atom is 0.236 e. The van der Waals surface area contributed by atoms with E-state index in [1.165, 1.54) is 0 Å². The lowest BCUT2D eigenvalue weighted by molar-refractivity contribution is -0.122. The van der Waals surface area contributed by atoms with Crippen molar-refractivity contribution >= 4 is 5.91 Å². The summed E-state index contributed by atoms with van der Waals surface area (Å²) in [4.78, 5) is 15.4. The highest BCUT2D eigenvalue weighted by Gasteiger charge is 2.09. The molecule has 5 nitrogen and oxygen atoms in total. The molecule has 0 aliphatic rings. The topological polar surface area (TPSA) is 59.0 Å². The van der Waals surface area contributed by atoms with Crippen molar-refractivity contribution in [3.05, 3.63) is 18.2 Å². The summed E-state index contributed by atoms with van der Waals surface area (Å²) in [6.07, 6.45) is 4.51. The predicted molar refractivity (Wildman–Crippen MR) is 58.4 cm³/mol. The third kappa shape index (κ3) is 3.36. The molecule has 0 saturated heterocycles. The summed E-state index contributed by atoms with van der Waals surface area (Å²) in [6.45, 7) is 2.59. The van der Waals surface area contributed by atoms with Gasteiger partial charge in [-0.2, -0.15) is 0 Å². The minimum atomic E-state index is -0.157. The number of hydrogen-bond acceptors (Lipinski definition) is 3. The summed E-state index contributed by atoms with van der Waals surface area (Å²) >= 11 is 0. The Balaban J connectivity index is 2.28. The second-order valence-corrected chi connectivity index (χ2v) is 3.49. The zero-order valence-corrected chi connectivity index (χ0v) is 9.45. The second-order valence-electron chi connectivity index (χ2n) is 3.49. The number of hydrogen-bond donors (Lipinski definition) is 2. The van der Waals surface area contributed by atoms with Gasteiger partial charge in [-0.05, 0) is 6.92 Å². The maximum atomic E-state index is 11.2. The number of carbonyl (C=O) groups is 1. The van der Waals surface area contributed by atoms with Gasteiger partial charge in [0, 0.05) is 39.5 Å². The van der Waals surface area contributed by atoms with Crippen molar-refractivity contribution in [1.29, 1.82) is 0 Å². The number of carbonyl (C=O) groups excluding carboxylic acids is 1. The van der Waals surface area contributed by atoms with Gasteiger partial charge in [-0.1, -0.05) is 0 Å². The summed E-state index contributed by atoms with van der Waals surface area (Å²) < 4.78 is 1.98. The fraction of sp³-hybridized carbons (Fsp3) is 0.600. The maximum absolute atomic E-state index is 11.2. The highest BCUT2D eigenvalue weighted by atomic mass is 16.2. The van der Waals surface area contributed by atoms with Crippen molar-refractivity contribution in [3.63, 3.8) is 0 Å². The van der Waals surface area contributed by atoms with Crippen LogP contribution in [0.25, 0.3) is 0 Å². The number of imidazole rings is 1. The van der Waals surface area contributed by atoms with E-state index in [0.29, 0.717) is 0 Å². The molecule has 5 heteroatoms. The Bertz CT molecular complexity index is 321. The summed E-state index contributed by atoms with van der Waals surface area (Å²) in [6, 6.07) is -0.157. The Morgan fingerprint density at radius 3 is 2.93 bits per heavy atom. The predicted octanol–water partition coefficient (Wildman–Crippen LogP) is -0.313. The lowest BCUT2D eigenvalue weighted by Gasteiger charge is -2.11. The molecule has 0 fully saturated rings. The molecule has 0 saturated carbocycles. The molecule has 1 atom stereocenters. The van der Waals surface area contributed by atoms with E-state index in [-0.39, 0.29) is 11.9 Å². The highest BCUT2D eigenvalue weighted by molar-refractivity contribution is 5.80. The van der Waals surface area contributed by atoms with Gasteiger partial charge in [0.15, 0.2) is 0 Å². The molecular formula is C10H18N4O. The van der Waals surface area contributed by atoms with E-state index in [2.05, 4.69) is 15.6 Å². The van der Waals surface area contributed by atoms with Crippen LogP contribution in [0.15, 0.2) is 12.4 Å². The van der Waals surface area contributed by atoms with Crippen LogP contribution in [0.4, 0.5) is 0 Å². The molecule has 15 heavy (non-hydrogen) atoms. The average molecular weight is 210 g/mol. The standard InChI is InChI=1S/C10H18N4O/c1-8(10(15)11-2)12-5-4-9-13-6-7-14(9)3/h6-8,12H,4-5H2,1-3H3,(H,11,15). The molecule has 1 heterocycles. The lowest BCUT2D eigenvalue weighted by atomic mass is 10.3. The molecule has 1 rings (SSSR count). The van der Waals surface area contributed by atoms with Crippen molar-refractivity contribution in [3.8, 4) is 0 Å². The van der Waals surface area contributed by atoms with Crippen LogP contribution in [0, 0.1) is 0 Å². The highest BCUT2D eigenvalue weighted by Crippen LogP contribution is 1.94. The van der Waals surface area contributed by atoms with Crippen LogP contribution in [-0.2, 0) is 18.3 Å². The fourth-order valence-electron chi connectivity index (χ4n) is 1.35. The van der Waals surface area contributed by atoms with Crippen LogP contribution >= 0.6 is 0 Å².